The van der Waals surface area contributed by atoms with Crippen molar-refractivity contribution in [3.05, 3.63) is 41.6 Å². The van der Waals surface area contributed by atoms with E-state index in [1.807, 2.05) is 11.8 Å². The minimum absolute atomic E-state index is 0. The van der Waals surface area contributed by atoms with Crippen molar-refractivity contribution in [3.63, 3.8) is 0 Å². The standard InChI is InChI=1S/C19H23FN8O3.ClH/c1-11-9-15(27-26-11)22-17-23-18(28-5-7-30-8-6-28)25-19(24-17)31-16(12(2)29)14-4-3-13(20)10-21-14;/h3-4,9-10,12,16,29H,5-8H2,1-2H3,(H2,22,23,24,25,26,27);1H/t12-,16?;/m0./s1. The molecule has 0 bridgehead atoms. The molecule has 3 N–H and O–H groups in total. The number of hydrogen-bond donors (Lipinski definition) is 3. The number of ether oxygens (including phenoxy) is 2. The first-order valence-electron chi connectivity index (χ1n) is 9.82. The molecule has 0 amide bonds. The van der Waals surface area contributed by atoms with Crippen LogP contribution in [0.2, 0.25) is 0 Å². The number of pyridine rings is 1. The highest BCUT2D eigenvalue weighted by molar-refractivity contribution is 5.85. The number of aromatic nitrogens is 6. The molecular weight excluding hydrogens is 443 g/mol. The van der Waals surface area contributed by atoms with Crippen molar-refractivity contribution in [2.45, 2.75) is 26.1 Å². The molecule has 0 spiro atoms. The lowest BCUT2D eigenvalue weighted by atomic mass is 10.1. The highest BCUT2D eigenvalue weighted by Crippen LogP contribution is 2.25. The molecule has 3 aromatic rings. The molecule has 1 aliphatic heterocycles. The second kappa shape index (κ2) is 10.5. The van der Waals surface area contributed by atoms with Crippen molar-refractivity contribution in [1.82, 2.24) is 30.1 Å². The number of aromatic amines is 1. The van der Waals surface area contributed by atoms with E-state index < -0.39 is 18.0 Å². The van der Waals surface area contributed by atoms with Gasteiger partial charge in [0.2, 0.25) is 11.9 Å². The Morgan fingerprint density at radius 3 is 2.66 bits per heavy atom. The largest absolute Gasteiger partial charge is 0.451 e. The van der Waals surface area contributed by atoms with Gasteiger partial charge in [0, 0.05) is 24.8 Å². The van der Waals surface area contributed by atoms with Crippen LogP contribution in [-0.2, 0) is 4.74 Å². The molecule has 172 valence electrons. The predicted octanol–water partition coefficient (Wildman–Crippen LogP) is 1.94. The van der Waals surface area contributed by atoms with E-state index in [1.165, 1.54) is 12.1 Å². The summed E-state index contributed by atoms with van der Waals surface area (Å²) in [6, 6.07) is 4.49. The Morgan fingerprint density at radius 2 is 2.03 bits per heavy atom. The molecule has 0 saturated carbocycles. The molecule has 1 unspecified atom stereocenters. The van der Waals surface area contributed by atoms with Gasteiger partial charge in [0.05, 0.1) is 31.2 Å². The Labute approximate surface area is 189 Å². The molecular formula is C19H24ClFN8O3. The Bertz CT molecular complexity index is 1010. The molecule has 4 heterocycles. The number of rotatable bonds is 7. The number of aryl methyl sites for hydroxylation is 1. The van der Waals surface area contributed by atoms with Crippen molar-refractivity contribution in [3.8, 4) is 6.01 Å². The van der Waals surface area contributed by atoms with E-state index >= 15 is 0 Å². The zero-order valence-electron chi connectivity index (χ0n) is 17.5. The summed E-state index contributed by atoms with van der Waals surface area (Å²) in [6.07, 6.45) is -0.791. The van der Waals surface area contributed by atoms with Gasteiger partial charge in [-0.25, -0.2) is 4.39 Å². The smallest absolute Gasteiger partial charge is 0.323 e. The monoisotopic (exact) mass is 466 g/mol. The first kappa shape index (κ1) is 23.6. The quantitative estimate of drug-likeness (QED) is 0.474. The van der Waals surface area contributed by atoms with Crippen LogP contribution in [0.15, 0.2) is 24.4 Å². The molecule has 1 saturated heterocycles. The Hall–Kier alpha value is -3.09. The highest BCUT2D eigenvalue weighted by atomic mass is 35.5. The summed E-state index contributed by atoms with van der Waals surface area (Å²) in [5, 5.41) is 20.2. The van der Waals surface area contributed by atoms with Gasteiger partial charge in [0.15, 0.2) is 11.9 Å². The fourth-order valence-electron chi connectivity index (χ4n) is 3.03. The number of aliphatic hydroxyl groups is 1. The van der Waals surface area contributed by atoms with Crippen LogP contribution in [0.1, 0.15) is 24.4 Å². The summed E-state index contributed by atoms with van der Waals surface area (Å²) in [5.41, 5.74) is 1.22. The first-order chi connectivity index (χ1) is 15.0. The van der Waals surface area contributed by atoms with Gasteiger partial charge in [-0.1, -0.05) is 0 Å². The SMILES string of the molecule is Cc1cc(Nc2nc(OC(c3ccc(F)cn3)[C@H](C)O)nc(N3CCOCC3)n2)n[nH]1.Cl. The number of H-pyrrole nitrogens is 1. The lowest BCUT2D eigenvalue weighted by Gasteiger charge is -2.27. The van der Waals surface area contributed by atoms with Crippen molar-refractivity contribution in [2.75, 3.05) is 36.5 Å². The predicted molar refractivity (Wildman–Crippen MR) is 116 cm³/mol. The summed E-state index contributed by atoms with van der Waals surface area (Å²) >= 11 is 0. The first-order valence-corrected chi connectivity index (χ1v) is 9.82. The van der Waals surface area contributed by atoms with Crippen molar-refractivity contribution in [1.29, 1.82) is 0 Å². The van der Waals surface area contributed by atoms with E-state index in [2.05, 4.69) is 35.5 Å². The summed E-state index contributed by atoms with van der Waals surface area (Å²) in [4.78, 5) is 19.2. The van der Waals surface area contributed by atoms with Gasteiger partial charge in [0.25, 0.3) is 0 Å². The van der Waals surface area contributed by atoms with Crippen LogP contribution in [0.25, 0.3) is 0 Å². The number of aliphatic hydroxyl groups excluding tert-OH is 1. The second-order valence-electron chi connectivity index (χ2n) is 7.08. The molecule has 3 aromatic heterocycles. The summed E-state index contributed by atoms with van der Waals surface area (Å²) < 4.78 is 24.6. The third-order valence-corrected chi connectivity index (χ3v) is 4.56. The fourth-order valence-corrected chi connectivity index (χ4v) is 3.03. The summed E-state index contributed by atoms with van der Waals surface area (Å²) in [7, 11) is 0. The molecule has 4 rings (SSSR count). The van der Waals surface area contributed by atoms with Crippen LogP contribution in [-0.4, -0.2) is 67.6 Å². The number of nitrogens with zero attached hydrogens (tertiary/aromatic N) is 6. The van der Waals surface area contributed by atoms with Gasteiger partial charge >= 0.3 is 6.01 Å². The van der Waals surface area contributed by atoms with Gasteiger partial charge in [0.1, 0.15) is 5.82 Å². The van der Waals surface area contributed by atoms with Gasteiger partial charge in [-0.2, -0.15) is 20.1 Å². The average molecular weight is 467 g/mol. The lowest BCUT2D eigenvalue weighted by Crippen LogP contribution is -2.37. The van der Waals surface area contributed by atoms with Crippen molar-refractivity contribution in [2.24, 2.45) is 0 Å². The van der Waals surface area contributed by atoms with Crippen LogP contribution < -0.4 is 15.0 Å². The van der Waals surface area contributed by atoms with Gasteiger partial charge < -0.3 is 24.8 Å². The van der Waals surface area contributed by atoms with Gasteiger partial charge in [-0.3, -0.25) is 10.1 Å². The zero-order valence-corrected chi connectivity index (χ0v) is 18.3. The zero-order chi connectivity index (χ0) is 21.8. The molecule has 32 heavy (non-hydrogen) atoms. The van der Waals surface area contributed by atoms with Crippen LogP contribution in [0, 0.1) is 12.7 Å². The Kier molecular flexibility index (Phi) is 7.72. The molecule has 1 aliphatic rings. The van der Waals surface area contributed by atoms with Crippen molar-refractivity contribution < 1.29 is 19.0 Å². The number of hydrogen-bond acceptors (Lipinski definition) is 10. The minimum Gasteiger partial charge on any atom is -0.451 e. The maximum Gasteiger partial charge on any atom is 0.323 e. The topological polar surface area (TPSA) is 134 Å². The Morgan fingerprint density at radius 1 is 1.25 bits per heavy atom. The number of anilines is 3. The molecule has 0 radical (unpaired) electrons. The Balaban J connectivity index is 0.00000289. The van der Waals surface area contributed by atoms with E-state index in [4.69, 9.17) is 9.47 Å². The fraction of sp³-hybridized carbons (Fsp3) is 0.421. The number of nitrogens with one attached hydrogen (secondary N) is 2. The molecule has 2 atom stereocenters. The van der Waals surface area contributed by atoms with E-state index in [9.17, 15) is 9.50 Å². The highest BCUT2D eigenvalue weighted by Gasteiger charge is 2.24. The van der Waals surface area contributed by atoms with Gasteiger partial charge in [-0.05, 0) is 26.0 Å². The normalized spacial score (nSPS) is 15.6. The van der Waals surface area contributed by atoms with Crippen LogP contribution in [0.5, 0.6) is 6.01 Å². The minimum atomic E-state index is -0.952. The molecule has 11 nitrogen and oxygen atoms in total. The summed E-state index contributed by atoms with van der Waals surface area (Å²) in [5.74, 6) is 0.687. The maximum absolute atomic E-state index is 13.3. The third kappa shape index (κ3) is 5.78. The molecule has 0 aliphatic carbocycles. The molecule has 13 heteroatoms. The third-order valence-electron chi connectivity index (χ3n) is 4.56. The molecule has 1 fully saturated rings. The summed E-state index contributed by atoms with van der Waals surface area (Å²) in [6.45, 7) is 5.76. The number of halogens is 2. The van der Waals surface area contributed by atoms with Crippen LogP contribution in [0.4, 0.5) is 22.1 Å². The van der Waals surface area contributed by atoms with E-state index in [-0.39, 0.29) is 24.4 Å². The maximum atomic E-state index is 13.3. The van der Waals surface area contributed by atoms with Crippen LogP contribution in [0.3, 0.4) is 0 Å². The van der Waals surface area contributed by atoms with Crippen LogP contribution >= 0.6 is 12.4 Å². The van der Waals surface area contributed by atoms with Crippen molar-refractivity contribution >= 4 is 30.1 Å². The lowest BCUT2D eigenvalue weighted by molar-refractivity contribution is 0.0389. The van der Waals surface area contributed by atoms with Gasteiger partial charge in [-0.15, -0.1) is 12.4 Å². The van der Waals surface area contributed by atoms with E-state index in [1.54, 1.807) is 13.0 Å². The second-order valence-corrected chi connectivity index (χ2v) is 7.08. The average Bonchev–Trinajstić information content (AvgIpc) is 3.17. The van der Waals surface area contributed by atoms with E-state index in [0.29, 0.717) is 43.8 Å². The van der Waals surface area contributed by atoms with E-state index in [0.717, 1.165) is 11.9 Å². The number of morpholine rings is 1. The molecule has 0 aromatic carbocycles.